The zero-order valence-corrected chi connectivity index (χ0v) is 14.6. The maximum Gasteiger partial charge on any atom is 0.224 e. The molecule has 0 saturated carbocycles. The highest BCUT2D eigenvalue weighted by Crippen LogP contribution is 2.31. The second kappa shape index (κ2) is 6.23. The summed E-state index contributed by atoms with van der Waals surface area (Å²) in [5, 5.41) is 2.93. The van der Waals surface area contributed by atoms with Crippen LogP contribution in [0.25, 0.3) is 0 Å². The first-order valence-corrected chi connectivity index (χ1v) is 8.20. The maximum atomic E-state index is 11.5. The lowest BCUT2D eigenvalue weighted by Crippen LogP contribution is -2.20. The highest BCUT2D eigenvalue weighted by atomic mass is 16.5. The van der Waals surface area contributed by atoms with E-state index in [4.69, 9.17) is 4.74 Å². The van der Waals surface area contributed by atoms with Crippen molar-refractivity contribution in [2.75, 3.05) is 5.32 Å². The number of aromatic nitrogens is 2. The van der Waals surface area contributed by atoms with Gasteiger partial charge in [-0.3, -0.25) is 4.79 Å². The van der Waals surface area contributed by atoms with Gasteiger partial charge in [-0.15, -0.1) is 0 Å². The molecule has 0 saturated heterocycles. The van der Waals surface area contributed by atoms with Crippen molar-refractivity contribution in [1.82, 2.24) is 9.97 Å². The van der Waals surface area contributed by atoms with E-state index in [0.29, 0.717) is 13.0 Å². The van der Waals surface area contributed by atoms with Crippen LogP contribution in [0.1, 0.15) is 49.7 Å². The summed E-state index contributed by atoms with van der Waals surface area (Å²) in [6.07, 6.45) is 4.92. The molecule has 1 aliphatic rings. The fourth-order valence-electron chi connectivity index (χ4n) is 2.72. The molecule has 3 rings (SSSR count). The van der Waals surface area contributed by atoms with Crippen LogP contribution in [-0.2, 0) is 23.2 Å². The van der Waals surface area contributed by atoms with E-state index >= 15 is 0 Å². The van der Waals surface area contributed by atoms with E-state index < -0.39 is 0 Å². The number of benzene rings is 1. The van der Waals surface area contributed by atoms with Crippen molar-refractivity contribution in [3.05, 3.63) is 47.0 Å². The minimum Gasteiger partial charge on any atom is -0.489 e. The molecule has 1 aliphatic heterocycles. The topological polar surface area (TPSA) is 64.1 Å². The van der Waals surface area contributed by atoms with Crippen molar-refractivity contribution < 1.29 is 9.53 Å². The fourth-order valence-corrected chi connectivity index (χ4v) is 2.72. The van der Waals surface area contributed by atoms with Crippen LogP contribution in [0.15, 0.2) is 24.5 Å². The van der Waals surface area contributed by atoms with Gasteiger partial charge in [0.15, 0.2) is 0 Å². The maximum absolute atomic E-state index is 11.5. The molecule has 24 heavy (non-hydrogen) atoms. The molecule has 5 heteroatoms. The Morgan fingerprint density at radius 1 is 1.17 bits per heavy atom. The highest BCUT2D eigenvalue weighted by Gasteiger charge is 2.18. The smallest absolute Gasteiger partial charge is 0.224 e. The van der Waals surface area contributed by atoms with Crippen LogP contribution in [0.4, 0.5) is 5.69 Å². The summed E-state index contributed by atoms with van der Waals surface area (Å²) in [5.41, 5.74) is 3.96. The van der Waals surface area contributed by atoms with Crippen LogP contribution in [-0.4, -0.2) is 15.9 Å². The molecular weight excluding hydrogens is 302 g/mol. The number of hydrogen-bond donors (Lipinski definition) is 1. The zero-order valence-electron chi connectivity index (χ0n) is 14.6. The summed E-state index contributed by atoms with van der Waals surface area (Å²) in [4.78, 5) is 20.4. The van der Waals surface area contributed by atoms with Gasteiger partial charge in [0.05, 0.1) is 0 Å². The normalized spacial score (nSPS) is 14.1. The van der Waals surface area contributed by atoms with Crippen molar-refractivity contribution in [1.29, 1.82) is 0 Å². The Morgan fingerprint density at radius 3 is 2.54 bits per heavy atom. The van der Waals surface area contributed by atoms with Crippen LogP contribution < -0.4 is 10.1 Å². The first-order valence-electron chi connectivity index (χ1n) is 8.20. The molecule has 2 aromatic rings. The predicted octanol–water partition coefficient (Wildman–Crippen LogP) is 3.55. The van der Waals surface area contributed by atoms with E-state index in [-0.39, 0.29) is 11.3 Å². The SMILES string of the molecule is Cc1cc(OCc2cnc(C(C)(C)C)nc2)cc2c1NC(=O)CC2. The lowest BCUT2D eigenvalue weighted by Gasteiger charge is -2.20. The Hall–Kier alpha value is -2.43. The standard InChI is InChI=1S/C19H23N3O2/c1-12-7-15(8-14-5-6-16(23)22-17(12)14)24-11-13-9-20-18(21-10-13)19(2,3)4/h7-10H,5-6,11H2,1-4H3,(H,22,23). The second-order valence-electron chi connectivity index (χ2n) is 7.28. The van der Waals surface area contributed by atoms with Crippen molar-refractivity contribution in [2.24, 2.45) is 0 Å². The number of amides is 1. The van der Waals surface area contributed by atoms with Gasteiger partial charge in [-0.1, -0.05) is 20.8 Å². The van der Waals surface area contributed by atoms with Gasteiger partial charge < -0.3 is 10.1 Å². The molecular formula is C19H23N3O2. The van der Waals surface area contributed by atoms with Crippen LogP contribution >= 0.6 is 0 Å². The first kappa shape index (κ1) is 16.4. The summed E-state index contributed by atoms with van der Waals surface area (Å²) < 4.78 is 5.90. The number of ether oxygens (including phenoxy) is 1. The van der Waals surface area contributed by atoms with E-state index in [1.165, 1.54) is 0 Å². The molecule has 0 unspecified atom stereocenters. The molecule has 1 aromatic carbocycles. The number of carbonyl (C=O) groups is 1. The number of hydrogen-bond acceptors (Lipinski definition) is 4. The predicted molar refractivity (Wildman–Crippen MR) is 93.2 cm³/mol. The molecule has 5 nitrogen and oxygen atoms in total. The van der Waals surface area contributed by atoms with Gasteiger partial charge in [-0.2, -0.15) is 0 Å². The molecule has 0 radical (unpaired) electrons. The Labute approximate surface area is 142 Å². The summed E-state index contributed by atoms with van der Waals surface area (Å²) in [6, 6.07) is 3.96. The monoisotopic (exact) mass is 325 g/mol. The average Bonchev–Trinajstić information content (AvgIpc) is 2.53. The Bertz CT molecular complexity index is 761. The molecule has 2 heterocycles. The molecule has 0 spiro atoms. The van der Waals surface area contributed by atoms with Gasteiger partial charge >= 0.3 is 0 Å². The summed E-state index contributed by atoms with van der Waals surface area (Å²) >= 11 is 0. The summed E-state index contributed by atoms with van der Waals surface area (Å²) in [7, 11) is 0. The molecule has 0 aliphatic carbocycles. The van der Waals surface area contributed by atoms with Crippen molar-refractivity contribution >= 4 is 11.6 Å². The minimum absolute atomic E-state index is 0.0561. The van der Waals surface area contributed by atoms with Crippen molar-refractivity contribution in [3.8, 4) is 5.75 Å². The minimum atomic E-state index is -0.0561. The summed E-state index contributed by atoms with van der Waals surface area (Å²) in [6.45, 7) is 8.68. The van der Waals surface area contributed by atoms with E-state index in [1.54, 1.807) is 0 Å². The van der Waals surface area contributed by atoms with Crippen LogP contribution in [0.5, 0.6) is 5.75 Å². The molecule has 126 valence electrons. The molecule has 0 fully saturated rings. The highest BCUT2D eigenvalue weighted by molar-refractivity contribution is 5.95. The Balaban J connectivity index is 1.71. The lowest BCUT2D eigenvalue weighted by molar-refractivity contribution is -0.116. The molecule has 1 aromatic heterocycles. The van der Waals surface area contributed by atoms with Gasteiger partial charge in [0, 0.05) is 35.5 Å². The number of anilines is 1. The Kier molecular flexibility index (Phi) is 4.26. The van der Waals surface area contributed by atoms with Gasteiger partial charge in [0.1, 0.15) is 18.2 Å². The quantitative estimate of drug-likeness (QED) is 0.937. The van der Waals surface area contributed by atoms with Gasteiger partial charge in [0.25, 0.3) is 0 Å². The first-order chi connectivity index (χ1) is 11.3. The van der Waals surface area contributed by atoms with E-state index in [0.717, 1.165) is 40.4 Å². The molecule has 1 N–H and O–H groups in total. The van der Waals surface area contributed by atoms with Crippen molar-refractivity contribution in [3.63, 3.8) is 0 Å². The average molecular weight is 325 g/mol. The number of aryl methyl sites for hydroxylation is 2. The number of rotatable bonds is 3. The molecule has 0 atom stereocenters. The van der Waals surface area contributed by atoms with E-state index in [1.807, 2.05) is 31.5 Å². The van der Waals surface area contributed by atoms with Crippen molar-refractivity contribution in [2.45, 2.75) is 52.6 Å². The second-order valence-corrected chi connectivity index (χ2v) is 7.28. The zero-order chi connectivity index (χ0) is 17.3. The largest absolute Gasteiger partial charge is 0.489 e. The number of fused-ring (bicyclic) bond motifs is 1. The van der Waals surface area contributed by atoms with Gasteiger partial charge in [-0.05, 0) is 36.6 Å². The third-order valence-electron chi connectivity index (χ3n) is 4.06. The third-order valence-corrected chi connectivity index (χ3v) is 4.06. The number of carbonyl (C=O) groups excluding carboxylic acids is 1. The van der Waals surface area contributed by atoms with Crippen LogP contribution in [0.2, 0.25) is 0 Å². The van der Waals surface area contributed by atoms with E-state index in [9.17, 15) is 4.79 Å². The van der Waals surface area contributed by atoms with Crippen LogP contribution in [0, 0.1) is 6.92 Å². The number of nitrogens with zero attached hydrogens (tertiary/aromatic N) is 2. The Morgan fingerprint density at radius 2 is 1.88 bits per heavy atom. The van der Waals surface area contributed by atoms with E-state index in [2.05, 4.69) is 36.1 Å². The summed E-state index contributed by atoms with van der Waals surface area (Å²) in [5.74, 6) is 1.71. The fraction of sp³-hybridized carbons (Fsp3) is 0.421. The lowest BCUT2D eigenvalue weighted by atomic mass is 9.96. The molecule has 1 amide bonds. The van der Waals surface area contributed by atoms with Crippen LogP contribution in [0.3, 0.4) is 0 Å². The molecule has 0 bridgehead atoms. The third kappa shape index (κ3) is 3.55. The van der Waals surface area contributed by atoms with Gasteiger partial charge in [-0.25, -0.2) is 9.97 Å². The van der Waals surface area contributed by atoms with Gasteiger partial charge in [0.2, 0.25) is 5.91 Å². The number of nitrogens with one attached hydrogen (secondary N) is 1.